The number of carbonyl (C=O) groups is 3. The van der Waals surface area contributed by atoms with Crippen molar-refractivity contribution in [1.82, 2.24) is 0 Å². The summed E-state index contributed by atoms with van der Waals surface area (Å²) in [4.78, 5) is 38.3. The van der Waals surface area contributed by atoms with Crippen molar-refractivity contribution in [2.45, 2.75) is 59.8 Å². The summed E-state index contributed by atoms with van der Waals surface area (Å²) in [5, 5.41) is 14.8. The molecular weight excluding hydrogens is 402 g/mol. The maximum atomic E-state index is 13.0. The van der Waals surface area contributed by atoms with E-state index in [2.05, 4.69) is 26.1 Å². The Labute approximate surface area is 181 Å². The van der Waals surface area contributed by atoms with Crippen LogP contribution in [0.1, 0.15) is 67.8 Å². The molecule has 0 fully saturated rings. The summed E-state index contributed by atoms with van der Waals surface area (Å²) in [6.07, 6.45) is 6.82. The SMILES string of the molecule is CCOC(=O)c1c(NC(=O)[C@H]2CC=CC[C@H]2C(=O)[O-])sc2c1CC[C@@H](C(C)(C)C)C2. The van der Waals surface area contributed by atoms with Crippen LogP contribution in [0.2, 0.25) is 0 Å². The number of hydrogen-bond donors (Lipinski definition) is 1. The lowest BCUT2D eigenvalue weighted by Gasteiger charge is -2.33. The van der Waals surface area contributed by atoms with Gasteiger partial charge in [0.1, 0.15) is 5.00 Å². The summed E-state index contributed by atoms with van der Waals surface area (Å²) < 4.78 is 5.27. The van der Waals surface area contributed by atoms with Crippen LogP contribution in [0, 0.1) is 23.2 Å². The van der Waals surface area contributed by atoms with Crippen molar-refractivity contribution < 1.29 is 24.2 Å². The number of nitrogens with one attached hydrogen (secondary N) is 1. The highest BCUT2D eigenvalue weighted by atomic mass is 32.1. The van der Waals surface area contributed by atoms with Gasteiger partial charge in [0.05, 0.1) is 18.1 Å². The average molecular weight is 433 g/mol. The lowest BCUT2D eigenvalue weighted by Crippen LogP contribution is -2.41. The maximum Gasteiger partial charge on any atom is 0.341 e. The van der Waals surface area contributed by atoms with Gasteiger partial charge in [-0.25, -0.2) is 4.79 Å². The highest BCUT2D eigenvalue weighted by molar-refractivity contribution is 7.17. The summed E-state index contributed by atoms with van der Waals surface area (Å²) in [5.74, 6) is -3.11. The topological polar surface area (TPSA) is 95.5 Å². The normalized spacial score (nSPS) is 23.5. The zero-order valence-electron chi connectivity index (χ0n) is 18.1. The van der Waals surface area contributed by atoms with Crippen molar-refractivity contribution in [3.8, 4) is 0 Å². The number of rotatable bonds is 5. The van der Waals surface area contributed by atoms with E-state index in [0.717, 1.165) is 29.7 Å². The summed E-state index contributed by atoms with van der Waals surface area (Å²) in [6.45, 7) is 8.68. The lowest BCUT2D eigenvalue weighted by atomic mass is 9.72. The molecule has 1 aromatic heterocycles. The molecule has 0 aromatic carbocycles. The first-order valence-electron chi connectivity index (χ1n) is 10.6. The summed E-state index contributed by atoms with van der Waals surface area (Å²) in [7, 11) is 0. The Balaban J connectivity index is 1.91. The van der Waals surface area contributed by atoms with Crippen molar-refractivity contribution in [1.29, 1.82) is 0 Å². The van der Waals surface area contributed by atoms with Gasteiger partial charge in [-0.3, -0.25) is 4.79 Å². The van der Waals surface area contributed by atoms with Crippen molar-refractivity contribution >= 4 is 34.2 Å². The first kappa shape index (κ1) is 22.5. The van der Waals surface area contributed by atoms with E-state index in [-0.39, 0.29) is 24.3 Å². The molecule has 7 heteroatoms. The second-order valence-corrected chi connectivity index (χ2v) is 10.3. The third-order valence-corrected chi connectivity index (χ3v) is 7.45. The van der Waals surface area contributed by atoms with Crippen LogP contribution in [0.25, 0.3) is 0 Å². The molecule has 2 aliphatic rings. The highest BCUT2D eigenvalue weighted by Gasteiger charge is 2.36. The monoisotopic (exact) mass is 432 g/mol. The average Bonchev–Trinajstić information content (AvgIpc) is 3.04. The number of fused-ring (bicyclic) bond motifs is 1. The van der Waals surface area contributed by atoms with Gasteiger partial charge in [-0.2, -0.15) is 0 Å². The fourth-order valence-electron chi connectivity index (χ4n) is 4.40. The number of thiophene rings is 1. The third-order valence-electron chi connectivity index (χ3n) is 6.28. The smallest absolute Gasteiger partial charge is 0.341 e. The molecule has 0 radical (unpaired) electrons. The molecule has 0 saturated heterocycles. The second kappa shape index (κ2) is 8.92. The number of carboxylic acids is 1. The van der Waals surface area contributed by atoms with Gasteiger partial charge in [-0.15, -0.1) is 11.3 Å². The lowest BCUT2D eigenvalue weighted by molar-refractivity contribution is -0.313. The van der Waals surface area contributed by atoms with Crippen molar-refractivity contribution in [2.24, 2.45) is 23.2 Å². The predicted octanol–water partition coefficient (Wildman–Crippen LogP) is 3.35. The van der Waals surface area contributed by atoms with Gasteiger partial charge in [0.25, 0.3) is 0 Å². The molecule has 3 atom stereocenters. The number of allylic oxidation sites excluding steroid dienone is 2. The molecular formula is C23H30NO5S-. The van der Waals surface area contributed by atoms with Gasteiger partial charge in [0.15, 0.2) is 0 Å². The van der Waals surface area contributed by atoms with Crippen LogP contribution in [0.15, 0.2) is 12.2 Å². The molecule has 0 spiro atoms. The van der Waals surface area contributed by atoms with Gasteiger partial charge in [0, 0.05) is 16.8 Å². The highest BCUT2D eigenvalue weighted by Crippen LogP contribution is 2.44. The number of amides is 1. The number of carboxylic acid groups (broad SMARTS) is 1. The van der Waals surface area contributed by atoms with Crippen molar-refractivity contribution in [2.75, 3.05) is 11.9 Å². The molecule has 0 saturated carbocycles. The number of esters is 1. The number of aliphatic carboxylic acids is 1. The number of hydrogen-bond acceptors (Lipinski definition) is 6. The molecule has 1 amide bonds. The minimum Gasteiger partial charge on any atom is -0.550 e. The Kier molecular flexibility index (Phi) is 6.70. The van der Waals surface area contributed by atoms with Gasteiger partial charge in [0.2, 0.25) is 5.91 Å². The van der Waals surface area contributed by atoms with Crippen molar-refractivity contribution in [3.63, 3.8) is 0 Å². The van der Waals surface area contributed by atoms with E-state index < -0.39 is 23.8 Å². The van der Waals surface area contributed by atoms with Crippen molar-refractivity contribution in [3.05, 3.63) is 28.2 Å². The van der Waals surface area contributed by atoms with E-state index in [9.17, 15) is 19.5 Å². The summed E-state index contributed by atoms with van der Waals surface area (Å²) in [6, 6.07) is 0. The molecule has 6 nitrogen and oxygen atoms in total. The zero-order valence-corrected chi connectivity index (χ0v) is 18.9. The van der Waals surface area contributed by atoms with Crippen LogP contribution in [0.3, 0.4) is 0 Å². The largest absolute Gasteiger partial charge is 0.550 e. The Morgan fingerprint density at radius 2 is 1.87 bits per heavy atom. The van der Waals surface area contributed by atoms with E-state index >= 15 is 0 Å². The van der Waals surface area contributed by atoms with Gasteiger partial charge in [-0.1, -0.05) is 32.9 Å². The van der Waals surface area contributed by atoms with Crippen LogP contribution in [0.4, 0.5) is 5.00 Å². The molecule has 164 valence electrons. The van der Waals surface area contributed by atoms with Crippen LogP contribution < -0.4 is 10.4 Å². The van der Waals surface area contributed by atoms with Crippen LogP contribution in [-0.2, 0) is 27.2 Å². The van der Waals surface area contributed by atoms with E-state index in [4.69, 9.17) is 4.74 Å². The molecule has 0 unspecified atom stereocenters. The molecule has 1 heterocycles. The van der Waals surface area contributed by atoms with Gasteiger partial charge < -0.3 is 20.0 Å². The first-order chi connectivity index (χ1) is 14.1. The Morgan fingerprint density at radius 1 is 1.20 bits per heavy atom. The molecule has 3 rings (SSSR count). The van der Waals surface area contributed by atoms with E-state index in [1.807, 2.05) is 6.08 Å². The summed E-state index contributed by atoms with van der Waals surface area (Å²) >= 11 is 1.42. The number of ether oxygens (including phenoxy) is 1. The molecule has 30 heavy (non-hydrogen) atoms. The molecule has 2 aliphatic carbocycles. The standard InChI is InChI=1S/C23H31NO5S/c1-5-29-22(28)18-16-11-10-13(23(2,3)4)12-17(16)30-20(18)24-19(25)14-8-6-7-9-15(14)21(26)27/h6-7,13-15H,5,8-12H2,1-4H3,(H,24,25)(H,26,27)/p-1/t13-,14+,15-/m1/s1. The van der Waals surface area contributed by atoms with Gasteiger partial charge >= 0.3 is 5.97 Å². The zero-order chi connectivity index (χ0) is 22.1. The van der Waals surface area contributed by atoms with Crippen LogP contribution in [0.5, 0.6) is 0 Å². The molecule has 0 aliphatic heterocycles. The fraction of sp³-hybridized carbons (Fsp3) is 0.609. The maximum absolute atomic E-state index is 13.0. The van der Waals surface area contributed by atoms with Crippen LogP contribution >= 0.6 is 11.3 Å². The van der Waals surface area contributed by atoms with Crippen LogP contribution in [-0.4, -0.2) is 24.5 Å². The predicted molar refractivity (Wildman–Crippen MR) is 114 cm³/mol. The minimum absolute atomic E-state index is 0.158. The quantitative estimate of drug-likeness (QED) is 0.569. The Hall–Kier alpha value is -2.15. The summed E-state index contributed by atoms with van der Waals surface area (Å²) in [5.41, 5.74) is 1.56. The molecule has 1 aromatic rings. The molecule has 1 N–H and O–H groups in total. The third kappa shape index (κ3) is 4.61. The first-order valence-corrected chi connectivity index (χ1v) is 11.4. The second-order valence-electron chi connectivity index (χ2n) is 9.20. The number of carbonyl (C=O) groups excluding carboxylic acids is 3. The minimum atomic E-state index is -1.22. The van der Waals surface area contributed by atoms with E-state index in [1.165, 1.54) is 11.3 Å². The fourth-order valence-corrected chi connectivity index (χ4v) is 5.72. The Morgan fingerprint density at radius 3 is 2.47 bits per heavy atom. The van der Waals surface area contributed by atoms with E-state index in [0.29, 0.717) is 22.9 Å². The van der Waals surface area contributed by atoms with E-state index in [1.54, 1.807) is 13.0 Å². The molecule has 0 bridgehead atoms. The van der Waals surface area contributed by atoms with Gasteiger partial charge in [-0.05, 0) is 55.9 Å². The Bertz CT molecular complexity index is 864. The number of anilines is 1.